The molecule has 74 valence electrons. The molecule has 4 nitrogen and oxygen atoms in total. The summed E-state index contributed by atoms with van der Waals surface area (Å²) in [6.45, 7) is 1.92. The number of hydrogen-bond acceptors (Lipinski definition) is 3. The molecule has 2 N–H and O–H groups in total. The molecule has 1 aliphatic rings. The fourth-order valence-electron chi connectivity index (χ4n) is 1.80. The van der Waals surface area contributed by atoms with Gasteiger partial charge in [-0.2, -0.15) is 0 Å². The standard InChI is InChI=1S/C10H13N3O/c1-6-4-5-12-10(13-6)8-3-2-7(8)9(11)14/h4-5,7-8H,2-3H2,1H3,(H2,11,14)/t7-,8-/m0/s1. The lowest BCUT2D eigenvalue weighted by atomic mass is 9.72. The van der Waals surface area contributed by atoms with Gasteiger partial charge in [0.15, 0.2) is 0 Å². The number of primary amides is 1. The molecular formula is C10H13N3O. The maximum absolute atomic E-state index is 11.0. The number of amides is 1. The Morgan fingerprint density at radius 2 is 2.36 bits per heavy atom. The maximum atomic E-state index is 11.0. The Balaban J connectivity index is 2.20. The predicted molar refractivity (Wildman–Crippen MR) is 51.4 cm³/mol. The zero-order chi connectivity index (χ0) is 10.1. The average Bonchev–Trinajstić information content (AvgIpc) is 2.00. The molecular weight excluding hydrogens is 178 g/mol. The normalized spacial score (nSPS) is 25.5. The molecule has 4 heteroatoms. The van der Waals surface area contributed by atoms with Gasteiger partial charge >= 0.3 is 0 Å². The van der Waals surface area contributed by atoms with Gasteiger partial charge in [-0.25, -0.2) is 9.97 Å². The molecule has 2 atom stereocenters. The average molecular weight is 191 g/mol. The van der Waals surface area contributed by atoms with Gasteiger partial charge in [-0.05, 0) is 25.8 Å². The minimum atomic E-state index is -0.230. The molecule has 2 rings (SSSR count). The van der Waals surface area contributed by atoms with Crippen LogP contribution < -0.4 is 5.73 Å². The van der Waals surface area contributed by atoms with E-state index in [1.54, 1.807) is 6.20 Å². The van der Waals surface area contributed by atoms with Crippen molar-refractivity contribution >= 4 is 5.91 Å². The van der Waals surface area contributed by atoms with E-state index in [-0.39, 0.29) is 17.7 Å². The van der Waals surface area contributed by atoms with E-state index in [1.807, 2.05) is 13.0 Å². The molecule has 1 saturated carbocycles. The largest absolute Gasteiger partial charge is 0.369 e. The number of carbonyl (C=O) groups excluding carboxylic acids is 1. The Morgan fingerprint density at radius 1 is 1.57 bits per heavy atom. The highest BCUT2D eigenvalue weighted by atomic mass is 16.1. The molecule has 0 radical (unpaired) electrons. The van der Waals surface area contributed by atoms with Crippen LogP contribution in [0.3, 0.4) is 0 Å². The summed E-state index contributed by atoms with van der Waals surface area (Å²) in [5.41, 5.74) is 6.20. The van der Waals surface area contributed by atoms with Gasteiger partial charge < -0.3 is 5.73 Å². The van der Waals surface area contributed by atoms with Crippen molar-refractivity contribution in [2.75, 3.05) is 0 Å². The summed E-state index contributed by atoms with van der Waals surface area (Å²) in [6, 6.07) is 1.85. The Bertz CT molecular complexity index is 364. The summed E-state index contributed by atoms with van der Waals surface area (Å²) >= 11 is 0. The van der Waals surface area contributed by atoms with Crippen molar-refractivity contribution in [1.82, 2.24) is 9.97 Å². The molecule has 0 aliphatic heterocycles. The van der Waals surface area contributed by atoms with Crippen LogP contribution >= 0.6 is 0 Å². The van der Waals surface area contributed by atoms with Crippen molar-refractivity contribution in [3.05, 3.63) is 23.8 Å². The highest BCUT2D eigenvalue weighted by Gasteiger charge is 2.37. The first-order valence-electron chi connectivity index (χ1n) is 4.77. The monoisotopic (exact) mass is 191 g/mol. The molecule has 0 bridgehead atoms. The number of carbonyl (C=O) groups is 1. The highest BCUT2D eigenvalue weighted by Crippen LogP contribution is 2.40. The third-order valence-electron chi connectivity index (χ3n) is 2.78. The van der Waals surface area contributed by atoms with Crippen LogP contribution in [-0.4, -0.2) is 15.9 Å². The van der Waals surface area contributed by atoms with E-state index in [0.717, 1.165) is 24.4 Å². The lowest BCUT2D eigenvalue weighted by Gasteiger charge is -2.32. The Kier molecular flexibility index (Phi) is 2.19. The van der Waals surface area contributed by atoms with Gasteiger partial charge in [-0.15, -0.1) is 0 Å². The van der Waals surface area contributed by atoms with Crippen LogP contribution in [0, 0.1) is 12.8 Å². The quantitative estimate of drug-likeness (QED) is 0.750. The van der Waals surface area contributed by atoms with Gasteiger partial charge in [0.1, 0.15) is 5.82 Å². The second kappa shape index (κ2) is 3.36. The first kappa shape index (κ1) is 9.12. The Labute approximate surface area is 82.6 Å². The second-order valence-corrected chi connectivity index (χ2v) is 3.75. The molecule has 1 aliphatic carbocycles. The number of aromatic nitrogens is 2. The summed E-state index contributed by atoms with van der Waals surface area (Å²) in [5, 5.41) is 0. The van der Waals surface area contributed by atoms with Gasteiger partial charge in [0.05, 0.1) is 0 Å². The Morgan fingerprint density at radius 3 is 2.86 bits per heavy atom. The number of nitrogens with two attached hydrogens (primary N) is 1. The number of aryl methyl sites for hydroxylation is 1. The van der Waals surface area contributed by atoms with Crippen LogP contribution in [-0.2, 0) is 4.79 Å². The first-order valence-corrected chi connectivity index (χ1v) is 4.77. The van der Waals surface area contributed by atoms with Crippen molar-refractivity contribution in [2.45, 2.75) is 25.7 Å². The number of rotatable bonds is 2. The third kappa shape index (κ3) is 1.47. The molecule has 14 heavy (non-hydrogen) atoms. The van der Waals surface area contributed by atoms with Crippen molar-refractivity contribution in [3.63, 3.8) is 0 Å². The fourth-order valence-corrected chi connectivity index (χ4v) is 1.80. The zero-order valence-electron chi connectivity index (χ0n) is 8.10. The molecule has 0 unspecified atom stereocenters. The van der Waals surface area contributed by atoms with Gasteiger partial charge in [0.2, 0.25) is 5.91 Å². The first-order chi connectivity index (χ1) is 6.68. The van der Waals surface area contributed by atoms with Crippen molar-refractivity contribution in [1.29, 1.82) is 0 Å². The summed E-state index contributed by atoms with van der Waals surface area (Å²) in [5.74, 6) is 0.621. The molecule has 1 aromatic heterocycles. The van der Waals surface area contributed by atoms with Crippen LogP contribution in [0.2, 0.25) is 0 Å². The number of hydrogen-bond donors (Lipinski definition) is 1. The summed E-state index contributed by atoms with van der Waals surface area (Å²) in [4.78, 5) is 19.5. The van der Waals surface area contributed by atoms with E-state index >= 15 is 0 Å². The molecule has 1 fully saturated rings. The predicted octanol–water partition coefficient (Wildman–Crippen LogP) is 0.764. The Hall–Kier alpha value is -1.45. The van der Waals surface area contributed by atoms with Crippen molar-refractivity contribution in [2.24, 2.45) is 11.7 Å². The molecule has 1 heterocycles. The van der Waals surface area contributed by atoms with Crippen molar-refractivity contribution in [3.8, 4) is 0 Å². The summed E-state index contributed by atoms with van der Waals surface area (Å²) in [6.07, 6.45) is 3.57. The van der Waals surface area contributed by atoms with E-state index in [4.69, 9.17) is 5.73 Å². The van der Waals surface area contributed by atoms with E-state index in [2.05, 4.69) is 9.97 Å². The van der Waals surface area contributed by atoms with Crippen molar-refractivity contribution < 1.29 is 4.79 Å². The highest BCUT2D eigenvalue weighted by molar-refractivity contribution is 5.78. The third-order valence-corrected chi connectivity index (χ3v) is 2.78. The SMILES string of the molecule is Cc1ccnc([C@H]2CC[C@@H]2C(N)=O)n1. The smallest absolute Gasteiger partial charge is 0.221 e. The summed E-state index contributed by atoms with van der Waals surface area (Å²) < 4.78 is 0. The lowest BCUT2D eigenvalue weighted by molar-refractivity contribution is -0.125. The zero-order valence-corrected chi connectivity index (χ0v) is 8.10. The minimum Gasteiger partial charge on any atom is -0.369 e. The van der Waals surface area contributed by atoms with Gasteiger partial charge in [-0.3, -0.25) is 4.79 Å². The topological polar surface area (TPSA) is 68.9 Å². The van der Waals surface area contributed by atoms with Crippen LogP contribution in [0.4, 0.5) is 0 Å². The van der Waals surface area contributed by atoms with E-state index in [1.165, 1.54) is 0 Å². The molecule has 1 amide bonds. The molecule has 0 spiro atoms. The molecule has 0 saturated heterocycles. The minimum absolute atomic E-state index is 0.0585. The van der Waals surface area contributed by atoms with E-state index in [9.17, 15) is 4.79 Å². The second-order valence-electron chi connectivity index (χ2n) is 3.75. The lowest BCUT2D eigenvalue weighted by Crippen LogP contribution is -2.36. The molecule has 1 aromatic rings. The van der Waals surface area contributed by atoms with Gasteiger partial charge in [0, 0.05) is 23.7 Å². The van der Waals surface area contributed by atoms with Crippen LogP contribution in [0.1, 0.15) is 30.3 Å². The summed E-state index contributed by atoms with van der Waals surface area (Å²) in [7, 11) is 0. The van der Waals surface area contributed by atoms with Crippen LogP contribution in [0.15, 0.2) is 12.3 Å². The molecule has 0 aromatic carbocycles. The van der Waals surface area contributed by atoms with Gasteiger partial charge in [0.25, 0.3) is 0 Å². The van der Waals surface area contributed by atoms with E-state index in [0.29, 0.717) is 0 Å². The van der Waals surface area contributed by atoms with Crippen LogP contribution in [0.25, 0.3) is 0 Å². The van der Waals surface area contributed by atoms with Crippen LogP contribution in [0.5, 0.6) is 0 Å². The van der Waals surface area contributed by atoms with E-state index < -0.39 is 0 Å². The maximum Gasteiger partial charge on any atom is 0.221 e. The fraction of sp³-hybridized carbons (Fsp3) is 0.500. The van der Waals surface area contributed by atoms with Gasteiger partial charge in [-0.1, -0.05) is 0 Å². The number of nitrogens with zero attached hydrogens (tertiary/aromatic N) is 2.